The summed E-state index contributed by atoms with van der Waals surface area (Å²) >= 11 is 0. The second kappa shape index (κ2) is 11.0. The van der Waals surface area contributed by atoms with Crippen molar-refractivity contribution < 1.29 is 14.0 Å². The first-order chi connectivity index (χ1) is 15.0. The van der Waals surface area contributed by atoms with Crippen molar-refractivity contribution in [2.75, 3.05) is 18.4 Å². The fourth-order valence-corrected chi connectivity index (χ4v) is 3.09. The molecule has 31 heavy (non-hydrogen) atoms. The lowest BCUT2D eigenvalue weighted by molar-refractivity contribution is -0.122. The first kappa shape index (κ1) is 22.2. The second-order valence-corrected chi connectivity index (χ2v) is 7.22. The molecule has 0 fully saturated rings. The predicted molar refractivity (Wildman–Crippen MR) is 120 cm³/mol. The Balaban J connectivity index is 1.49. The number of likely N-dealkylation sites (N-methyl/N-ethyl adjacent to an activating group) is 1. The van der Waals surface area contributed by atoms with E-state index in [1.54, 1.807) is 24.3 Å². The topological polar surface area (TPSA) is 61.4 Å². The van der Waals surface area contributed by atoms with Crippen molar-refractivity contribution in [3.05, 3.63) is 101 Å². The number of rotatable bonds is 9. The number of nitrogens with zero attached hydrogens (tertiary/aromatic N) is 1. The van der Waals surface area contributed by atoms with E-state index in [2.05, 4.69) is 10.6 Å². The zero-order valence-corrected chi connectivity index (χ0v) is 17.5. The van der Waals surface area contributed by atoms with E-state index in [-0.39, 0.29) is 24.2 Å². The monoisotopic (exact) mass is 419 g/mol. The zero-order chi connectivity index (χ0) is 22.1. The number of anilines is 1. The van der Waals surface area contributed by atoms with E-state index in [1.807, 2.05) is 54.3 Å². The number of benzene rings is 3. The van der Waals surface area contributed by atoms with Gasteiger partial charge in [-0.15, -0.1) is 0 Å². The van der Waals surface area contributed by atoms with Gasteiger partial charge in [-0.2, -0.15) is 0 Å². The first-order valence-electron chi connectivity index (χ1n) is 10.2. The van der Waals surface area contributed by atoms with E-state index in [1.165, 1.54) is 12.1 Å². The maximum atomic E-state index is 13.0. The summed E-state index contributed by atoms with van der Waals surface area (Å²) in [6.45, 7) is 3.92. The molecule has 0 bridgehead atoms. The van der Waals surface area contributed by atoms with Gasteiger partial charge in [0, 0.05) is 24.3 Å². The van der Waals surface area contributed by atoms with Gasteiger partial charge < -0.3 is 10.6 Å². The summed E-state index contributed by atoms with van der Waals surface area (Å²) in [6.07, 6.45) is 0. The van der Waals surface area contributed by atoms with Crippen molar-refractivity contribution in [2.24, 2.45) is 0 Å². The summed E-state index contributed by atoms with van der Waals surface area (Å²) in [5, 5.41) is 5.72. The minimum atomic E-state index is -0.296. The van der Waals surface area contributed by atoms with Gasteiger partial charge in [0.2, 0.25) is 5.91 Å². The van der Waals surface area contributed by atoms with Crippen molar-refractivity contribution in [1.82, 2.24) is 10.2 Å². The number of nitrogens with one attached hydrogen (secondary N) is 2. The molecule has 0 aliphatic heterocycles. The Hall–Kier alpha value is -3.51. The molecule has 0 spiro atoms. The van der Waals surface area contributed by atoms with Crippen molar-refractivity contribution in [3.63, 3.8) is 0 Å². The van der Waals surface area contributed by atoms with Gasteiger partial charge >= 0.3 is 0 Å². The van der Waals surface area contributed by atoms with Gasteiger partial charge in [-0.05, 0) is 54.1 Å². The highest BCUT2D eigenvalue weighted by Crippen LogP contribution is 2.11. The van der Waals surface area contributed by atoms with Crippen molar-refractivity contribution >= 4 is 17.5 Å². The van der Waals surface area contributed by atoms with E-state index >= 15 is 0 Å². The molecular formula is C25H26FN3O2. The van der Waals surface area contributed by atoms with E-state index in [0.717, 1.165) is 16.8 Å². The molecule has 0 aliphatic rings. The smallest absolute Gasteiger partial charge is 0.255 e. The van der Waals surface area contributed by atoms with Crippen molar-refractivity contribution in [1.29, 1.82) is 0 Å². The molecule has 2 N–H and O–H groups in total. The van der Waals surface area contributed by atoms with E-state index < -0.39 is 0 Å². The van der Waals surface area contributed by atoms with Gasteiger partial charge in [0.15, 0.2) is 0 Å². The second-order valence-electron chi connectivity index (χ2n) is 7.22. The number of halogens is 1. The SMILES string of the molecule is CCN(CC(=O)NCc1ccc(F)cc1)Cc1ccc(C(=O)Nc2ccccc2)cc1. The molecule has 0 aromatic heterocycles. The van der Waals surface area contributed by atoms with E-state index in [4.69, 9.17) is 0 Å². The van der Waals surface area contributed by atoms with Gasteiger partial charge in [-0.25, -0.2) is 4.39 Å². The third-order valence-corrected chi connectivity index (χ3v) is 4.87. The van der Waals surface area contributed by atoms with Crippen LogP contribution in [0.15, 0.2) is 78.9 Å². The molecule has 3 aromatic carbocycles. The summed E-state index contributed by atoms with van der Waals surface area (Å²) < 4.78 is 13.0. The van der Waals surface area contributed by atoms with Gasteiger partial charge in [0.25, 0.3) is 5.91 Å². The highest BCUT2D eigenvalue weighted by atomic mass is 19.1. The maximum absolute atomic E-state index is 13.0. The molecule has 0 aliphatic carbocycles. The van der Waals surface area contributed by atoms with Crippen molar-refractivity contribution in [3.8, 4) is 0 Å². The molecular weight excluding hydrogens is 393 g/mol. The average Bonchev–Trinajstić information content (AvgIpc) is 2.79. The quantitative estimate of drug-likeness (QED) is 0.546. The minimum Gasteiger partial charge on any atom is -0.351 e. The standard InChI is InChI=1S/C25H26FN3O2/c1-2-29(18-24(30)27-16-19-10-14-22(26)15-11-19)17-20-8-12-21(13-9-20)25(31)28-23-6-4-3-5-7-23/h3-15H,2,16-18H2,1H3,(H,27,30)(H,28,31). The van der Waals surface area contributed by atoms with Gasteiger partial charge in [-0.3, -0.25) is 14.5 Å². The summed E-state index contributed by atoms with van der Waals surface area (Å²) in [5.74, 6) is -0.550. The van der Waals surface area contributed by atoms with E-state index in [0.29, 0.717) is 25.2 Å². The van der Waals surface area contributed by atoms with Crippen LogP contribution in [-0.4, -0.2) is 29.8 Å². The molecule has 0 saturated carbocycles. The number of amides is 2. The molecule has 0 saturated heterocycles. The highest BCUT2D eigenvalue weighted by Gasteiger charge is 2.11. The molecule has 160 valence electrons. The maximum Gasteiger partial charge on any atom is 0.255 e. The highest BCUT2D eigenvalue weighted by molar-refractivity contribution is 6.04. The van der Waals surface area contributed by atoms with Crippen LogP contribution in [0.1, 0.15) is 28.4 Å². The van der Waals surface area contributed by atoms with Gasteiger partial charge in [-0.1, -0.05) is 49.4 Å². The molecule has 0 radical (unpaired) electrons. The fourth-order valence-electron chi connectivity index (χ4n) is 3.09. The molecule has 0 unspecified atom stereocenters. The third-order valence-electron chi connectivity index (χ3n) is 4.87. The molecule has 0 atom stereocenters. The Kier molecular flexibility index (Phi) is 7.90. The Morgan fingerprint density at radius 2 is 1.52 bits per heavy atom. The van der Waals surface area contributed by atoms with Crippen LogP contribution < -0.4 is 10.6 Å². The lowest BCUT2D eigenvalue weighted by Crippen LogP contribution is -2.36. The van der Waals surface area contributed by atoms with Crippen LogP contribution in [0, 0.1) is 5.82 Å². The lowest BCUT2D eigenvalue weighted by Gasteiger charge is -2.20. The van der Waals surface area contributed by atoms with Crippen LogP contribution in [0.4, 0.5) is 10.1 Å². The van der Waals surface area contributed by atoms with Crippen LogP contribution in [0.5, 0.6) is 0 Å². The Morgan fingerprint density at radius 3 is 2.16 bits per heavy atom. The van der Waals surface area contributed by atoms with Crippen molar-refractivity contribution in [2.45, 2.75) is 20.0 Å². The largest absolute Gasteiger partial charge is 0.351 e. The number of hydrogen-bond acceptors (Lipinski definition) is 3. The summed E-state index contributed by atoms with van der Waals surface area (Å²) in [5.41, 5.74) is 3.19. The van der Waals surface area contributed by atoms with Gasteiger partial charge in [0.05, 0.1) is 6.54 Å². The minimum absolute atomic E-state index is 0.0926. The summed E-state index contributed by atoms with van der Waals surface area (Å²) in [7, 11) is 0. The number of carbonyl (C=O) groups is 2. The Bertz CT molecular complexity index is 990. The molecule has 3 rings (SSSR count). The molecule has 0 heterocycles. The average molecular weight is 420 g/mol. The summed E-state index contributed by atoms with van der Waals surface area (Å²) in [6, 6.07) is 22.8. The Morgan fingerprint density at radius 1 is 0.871 bits per heavy atom. The Labute approximate surface area is 181 Å². The zero-order valence-electron chi connectivity index (χ0n) is 17.5. The summed E-state index contributed by atoms with van der Waals surface area (Å²) in [4.78, 5) is 26.7. The van der Waals surface area contributed by atoms with Crippen LogP contribution in [0.25, 0.3) is 0 Å². The molecule has 5 nitrogen and oxygen atoms in total. The lowest BCUT2D eigenvalue weighted by atomic mass is 10.1. The van der Waals surface area contributed by atoms with E-state index in [9.17, 15) is 14.0 Å². The molecule has 3 aromatic rings. The van der Waals surface area contributed by atoms with Gasteiger partial charge in [0.1, 0.15) is 5.82 Å². The number of hydrogen-bond donors (Lipinski definition) is 2. The van der Waals surface area contributed by atoms with Crippen LogP contribution in [0.3, 0.4) is 0 Å². The number of para-hydroxylation sites is 1. The number of carbonyl (C=O) groups excluding carboxylic acids is 2. The predicted octanol–water partition coefficient (Wildman–Crippen LogP) is 4.22. The normalized spacial score (nSPS) is 10.7. The fraction of sp³-hybridized carbons (Fsp3) is 0.200. The van der Waals surface area contributed by atoms with Crippen LogP contribution in [-0.2, 0) is 17.9 Å². The van der Waals surface area contributed by atoms with Crippen LogP contribution in [0.2, 0.25) is 0 Å². The third kappa shape index (κ3) is 7.04. The molecule has 2 amide bonds. The molecule has 6 heteroatoms. The van der Waals surface area contributed by atoms with Crippen LogP contribution >= 0.6 is 0 Å². The first-order valence-corrected chi connectivity index (χ1v) is 10.2.